The van der Waals surface area contributed by atoms with Gasteiger partial charge in [-0.15, -0.1) is 5.10 Å². The molecule has 3 fully saturated rings. The van der Waals surface area contributed by atoms with Gasteiger partial charge in [-0.05, 0) is 97.8 Å². The zero-order chi connectivity index (χ0) is 24.7. The van der Waals surface area contributed by atoms with Crippen LogP contribution in [0.5, 0.6) is 0 Å². The summed E-state index contributed by atoms with van der Waals surface area (Å²) in [5.41, 5.74) is 4.39. The minimum Gasteiger partial charge on any atom is -0.321 e. The first-order valence-electron chi connectivity index (χ1n) is 14.2. The fourth-order valence-corrected chi connectivity index (χ4v) is 7.55. The van der Waals surface area contributed by atoms with Crippen molar-refractivity contribution in [2.75, 3.05) is 13.1 Å². The third-order valence-electron chi connectivity index (χ3n) is 9.27. The zero-order valence-electron chi connectivity index (χ0n) is 21.9. The molecule has 1 N–H and O–H groups in total. The number of nitrogens with one attached hydrogen (secondary N) is 1. The van der Waals surface area contributed by atoms with Crippen molar-refractivity contribution in [3.8, 4) is 0 Å². The van der Waals surface area contributed by atoms with Crippen LogP contribution < -0.4 is 5.56 Å². The molecule has 1 spiro atoms. The average Bonchev–Trinajstić information content (AvgIpc) is 3.36. The Morgan fingerprint density at radius 3 is 2.53 bits per heavy atom. The monoisotopic (exact) mass is 488 g/mol. The third kappa shape index (κ3) is 4.40. The van der Waals surface area contributed by atoms with E-state index in [0.29, 0.717) is 11.5 Å². The van der Waals surface area contributed by atoms with Crippen LogP contribution in [-0.2, 0) is 0 Å². The van der Waals surface area contributed by atoms with Gasteiger partial charge in [0.2, 0.25) is 0 Å². The highest BCUT2D eigenvalue weighted by molar-refractivity contribution is 5.83. The Labute approximate surface area is 213 Å². The molecule has 3 aromatic rings. The highest BCUT2D eigenvalue weighted by atomic mass is 16.1. The summed E-state index contributed by atoms with van der Waals surface area (Å²) in [7, 11) is 0. The average molecular weight is 489 g/mol. The van der Waals surface area contributed by atoms with Crippen LogP contribution >= 0.6 is 0 Å². The van der Waals surface area contributed by atoms with Crippen LogP contribution in [0.15, 0.2) is 23.0 Å². The summed E-state index contributed by atoms with van der Waals surface area (Å²) >= 11 is 0. The van der Waals surface area contributed by atoms with Crippen LogP contribution in [0.3, 0.4) is 0 Å². The van der Waals surface area contributed by atoms with Gasteiger partial charge < -0.3 is 4.98 Å². The molecule has 3 aliphatic rings. The number of hydrogen-bond acceptors (Lipinski definition) is 5. The Morgan fingerprint density at radius 1 is 0.972 bits per heavy atom. The lowest BCUT2D eigenvalue weighted by molar-refractivity contribution is 0.0332. The second-order valence-corrected chi connectivity index (χ2v) is 11.9. The number of hydrogen-bond donors (Lipinski definition) is 1. The first-order chi connectivity index (χ1) is 17.5. The molecule has 192 valence electrons. The number of benzene rings is 1. The lowest BCUT2D eigenvalue weighted by Crippen LogP contribution is -2.47. The van der Waals surface area contributed by atoms with Gasteiger partial charge in [-0.2, -0.15) is 0 Å². The number of aromatic amines is 1. The van der Waals surface area contributed by atoms with Crippen LogP contribution in [0.2, 0.25) is 0 Å². The van der Waals surface area contributed by atoms with Crippen molar-refractivity contribution in [3.63, 3.8) is 0 Å². The molecule has 7 nitrogen and oxygen atoms in total. The topological polar surface area (TPSA) is 79.7 Å². The number of rotatable bonds is 4. The van der Waals surface area contributed by atoms with Crippen LogP contribution in [0.4, 0.5) is 0 Å². The molecule has 1 aliphatic heterocycles. The molecule has 3 heterocycles. The molecular weight excluding hydrogens is 448 g/mol. The Balaban J connectivity index is 1.48. The molecule has 1 unspecified atom stereocenters. The van der Waals surface area contributed by atoms with Crippen molar-refractivity contribution < 1.29 is 0 Å². The predicted molar refractivity (Wildman–Crippen MR) is 142 cm³/mol. The number of fused-ring (bicyclic) bond motifs is 1. The van der Waals surface area contributed by atoms with Crippen molar-refractivity contribution in [3.05, 3.63) is 51.1 Å². The number of piperidine rings is 1. The maximum absolute atomic E-state index is 13.7. The summed E-state index contributed by atoms with van der Waals surface area (Å²) in [5.74, 6) is 0.851. The van der Waals surface area contributed by atoms with E-state index in [0.717, 1.165) is 53.8 Å². The first-order valence-corrected chi connectivity index (χ1v) is 14.2. The first kappa shape index (κ1) is 23.8. The predicted octanol–water partition coefficient (Wildman–Crippen LogP) is 5.77. The van der Waals surface area contributed by atoms with Gasteiger partial charge in [0.25, 0.3) is 5.56 Å². The van der Waals surface area contributed by atoms with E-state index in [9.17, 15) is 4.79 Å². The van der Waals surface area contributed by atoms with E-state index in [-0.39, 0.29) is 11.6 Å². The number of aromatic nitrogens is 5. The summed E-state index contributed by atoms with van der Waals surface area (Å²) in [6.07, 6.45) is 15.0. The van der Waals surface area contributed by atoms with E-state index in [4.69, 9.17) is 0 Å². The van der Waals surface area contributed by atoms with Crippen LogP contribution in [0.25, 0.3) is 10.9 Å². The molecule has 0 radical (unpaired) electrons. The summed E-state index contributed by atoms with van der Waals surface area (Å²) in [4.78, 5) is 19.5. The van der Waals surface area contributed by atoms with Gasteiger partial charge in [0, 0.05) is 12.1 Å². The number of likely N-dealkylation sites (tertiary alicyclic amines) is 1. The summed E-state index contributed by atoms with van der Waals surface area (Å²) in [6.45, 7) is 6.20. The minimum atomic E-state index is -0.227. The van der Waals surface area contributed by atoms with Gasteiger partial charge in [0.1, 0.15) is 6.04 Å². The molecule has 7 heteroatoms. The maximum Gasteiger partial charge on any atom is 0.253 e. The number of tetrazole rings is 1. The molecule has 2 aromatic heterocycles. The lowest BCUT2D eigenvalue weighted by atomic mass is 9.69. The van der Waals surface area contributed by atoms with Crippen molar-refractivity contribution in [2.45, 2.75) is 103 Å². The Kier molecular flexibility index (Phi) is 6.44. The fraction of sp³-hybridized carbons (Fsp3) is 0.655. The lowest BCUT2D eigenvalue weighted by Gasteiger charge is -2.47. The molecule has 1 saturated heterocycles. The number of pyridine rings is 1. The van der Waals surface area contributed by atoms with Gasteiger partial charge >= 0.3 is 0 Å². The smallest absolute Gasteiger partial charge is 0.253 e. The second-order valence-electron chi connectivity index (χ2n) is 11.9. The van der Waals surface area contributed by atoms with E-state index in [1.54, 1.807) is 0 Å². The molecule has 1 atom stereocenters. The molecule has 2 saturated carbocycles. The summed E-state index contributed by atoms with van der Waals surface area (Å²) in [5, 5.41) is 14.4. The van der Waals surface area contributed by atoms with Crippen molar-refractivity contribution in [2.24, 2.45) is 5.41 Å². The molecule has 6 rings (SSSR count). The minimum absolute atomic E-state index is 0.0130. The van der Waals surface area contributed by atoms with Crippen LogP contribution in [0.1, 0.15) is 112 Å². The van der Waals surface area contributed by atoms with Gasteiger partial charge in [-0.3, -0.25) is 9.69 Å². The highest BCUT2D eigenvalue weighted by Crippen LogP contribution is 2.46. The van der Waals surface area contributed by atoms with E-state index in [1.165, 1.54) is 69.8 Å². The molecule has 0 bridgehead atoms. The highest BCUT2D eigenvalue weighted by Gasteiger charge is 2.41. The molecule has 36 heavy (non-hydrogen) atoms. The van der Waals surface area contributed by atoms with Crippen LogP contribution in [0, 0.1) is 19.3 Å². The number of H-pyrrole nitrogens is 1. The second kappa shape index (κ2) is 9.73. The van der Waals surface area contributed by atoms with Gasteiger partial charge in [-0.1, -0.05) is 50.2 Å². The molecular formula is C29H40N6O. The Bertz CT molecular complexity index is 1280. The van der Waals surface area contributed by atoms with E-state index < -0.39 is 0 Å². The number of aryl methyl sites for hydroxylation is 2. The van der Waals surface area contributed by atoms with E-state index >= 15 is 0 Å². The van der Waals surface area contributed by atoms with Crippen molar-refractivity contribution in [1.82, 2.24) is 30.1 Å². The van der Waals surface area contributed by atoms with Crippen molar-refractivity contribution in [1.29, 1.82) is 0 Å². The largest absolute Gasteiger partial charge is 0.321 e. The Morgan fingerprint density at radius 2 is 1.72 bits per heavy atom. The van der Waals surface area contributed by atoms with Gasteiger partial charge in [0.15, 0.2) is 5.82 Å². The normalized spacial score (nSPS) is 22.3. The zero-order valence-corrected chi connectivity index (χ0v) is 21.9. The summed E-state index contributed by atoms with van der Waals surface area (Å²) in [6, 6.07) is 6.54. The van der Waals surface area contributed by atoms with Gasteiger partial charge in [0.05, 0.1) is 11.6 Å². The van der Waals surface area contributed by atoms with E-state index in [1.807, 2.05) is 0 Å². The standard InChI is InChI=1S/C29H40N6O/c1-20-16-21(2)25-22(17-20)18-24(28(36)30-25)26(27-31-32-33-35(27)23-10-5-3-6-11-23)34-15-9-14-29(19-34)12-7-4-8-13-29/h16-18,23,26H,3-15,19H2,1-2H3,(H,30,36). The SMILES string of the molecule is Cc1cc(C)c2[nH]c(=O)c(C(c3nnnn3C3CCCCC3)N3CCCC4(CCCCC4)C3)cc2c1. The maximum atomic E-state index is 13.7. The Hall–Kier alpha value is -2.54. The summed E-state index contributed by atoms with van der Waals surface area (Å²) < 4.78 is 2.08. The molecule has 1 aromatic carbocycles. The van der Waals surface area contributed by atoms with Crippen molar-refractivity contribution >= 4 is 10.9 Å². The molecule has 2 aliphatic carbocycles. The van der Waals surface area contributed by atoms with Crippen LogP contribution in [-0.4, -0.2) is 43.2 Å². The van der Waals surface area contributed by atoms with Gasteiger partial charge in [-0.25, -0.2) is 4.68 Å². The quantitative estimate of drug-likeness (QED) is 0.504. The molecule has 0 amide bonds. The third-order valence-corrected chi connectivity index (χ3v) is 9.27. The number of nitrogens with zero attached hydrogens (tertiary/aromatic N) is 5. The fourth-order valence-electron chi connectivity index (χ4n) is 7.55. The van der Waals surface area contributed by atoms with E-state index in [2.05, 4.69) is 62.1 Å².